The molecule has 3 rings (SSSR count). The molecule has 2 aromatic rings. The maximum atomic E-state index is 12.8. The Morgan fingerprint density at radius 2 is 1.71 bits per heavy atom. The van der Waals surface area contributed by atoms with E-state index < -0.39 is 0 Å². The van der Waals surface area contributed by atoms with Crippen molar-refractivity contribution in [1.82, 2.24) is 4.90 Å². The number of carbonyl (C=O) groups is 1. The molecule has 0 N–H and O–H groups in total. The number of rotatable bonds is 4. The van der Waals surface area contributed by atoms with E-state index in [0.717, 1.165) is 6.42 Å². The van der Waals surface area contributed by atoms with Gasteiger partial charge in [-0.15, -0.1) is 0 Å². The van der Waals surface area contributed by atoms with Crippen LogP contribution in [0.3, 0.4) is 0 Å². The molecule has 24 heavy (non-hydrogen) atoms. The molecule has 0 aromatic heterocycles. The van der Waals surface area contributed by atoms with Crippen LogP contribution in [0.4, 0.5) is 0 Å². The van der Waals surface area contributed by atoms with Crippen molar-refractivity contribution in [2.45, 2.75) is 25.7 Å². The number of benzene rings is 2. The molecule has 0 saturated heterocycles. The second-order valence-corrected chi connectivity index (χ2v) is 7.33. The van der Waals surface area contributed by atoms with E-state index in [4.69, 9.17) is 0 Å². The van der Waals surface area contributed by atoms with E-state index in [-0.39, 0.29) is 16.7 Å². The first-order valence-electron chi connectivity index (χ1n) is 8.21. The third-order valence-electron chi connectivity index (χ3n) is 5.37. The Hall–Kier alpha value is -2.60. The topological polar surface area (TPSA) is 44.1 Å². The van der Waals surface area contributed by atoms with E-state index in [2.05, 4.69) is 44.2 Å². The van der Waals surface area contributed by atoms with Gasteiger partial charge in [-0.05, 0) is 29.5 Å². The zero-order chi connectivity index (χ0) is 17.4. The van der Waals surface area contributed by atoms with Crippen LogP contribution in [0.1, 0.15) is 41.8 Å². The first kappa shape index (κ1) is 16.3. The monoisotopic (exact) mass is 318 g/mol. The Kier molecular flexibility index (Phi) is 3.93. The number of hydrogen-bond donors (Lipinski definition) is 0. The predicted molar refractivity (Wildman–Crippen MR) is 94.6 cm³/mol. The average Bonchev–Trinajstić information content (AvgIpc) is 3.16. The second-order valence-electron chi connectivity index (χ2n) is 7.33. The highest BCUT2D eigenvalue weighted by atomic mass is 16.2. The van der Waals surface area contributed by atoms with Gasteiger partial charge in [0.1, 0.15) is 0 Å². The zero-order valence-corrected chi connectivity index (χ0v) is 14.4. The summed E-state index contributed by atoms with van der Waals surface area (Å²) < 4.78 is 0. The van der Waals surface area contributed by atoms with Crippen molar-refractivity contribution in [2.75, 3.05) is 13.6 Å². The van der Waals surface area contributed by atoms with Crippen LogP contribution in [-0.4, -0.2) is 24.4 Å². The summed E-state index contributed by atoms with van der Waals surface area (Å²) in [6.45, 7) is 5.16. The summed E-state index contributed by atoms with van der Waals surface area (Å²) >= 11 is 0. The molecular weight excluding hydrogens is 296 g/mol. The van der Waals surface area contributed by atoms with Crippen LogP contribution in [0.2, 0.25) is 0 Å². The highest BCUT2D eigenvalue weighted by Gasteiger charge is 2.62. The molecule has 3 heteroatoms. The lowest BCUT2D eigenvalue weighted by Gasteiger charge is -2.28. The number of nitriles is 1. The lowest BCUT2D eigenvalue weighted by Crippen LogP contribution is -2.37. The SMILES string of the molecule is CN(CC1(c2ccccc2)CC1(C)C)C(=O)c1ccccc1C#N. The van der Waals surface area contributed by atoms with Gasteiger partial charge in [0, 0.05) is 19.0 Å². The molecule has 0 bridgehead atoms. The maximum Gasteiger partial charge on any atom is 0.254 e. The van der Waals surface area contributed by atoms with Crippen LogP contribution in [-0.2, 0) is 5.41 Å². The molecule has 1 fully saturated rings. The molecule has 2 aromatic carbocycles. The molecule has 3 nitrogen and oxygen atoms in total. The summed E-state index contributed by atoms with van der Waals surface area (Å²) in [4.78, 5) is 14.6. The Morgan fingerprint density at radius 3 is 2.29 bits per heavy atom. The number of nitrogens with zero attached hydrogens (tertiary/aromatic N) is 2. The summed E-state index contributed by atoms with van der Waals surface area (Å²) in [6.07, 6.45) is 1.06. The maximum absolute atomic E-state index is 12.8. The van der Waals surface area contributed by atoms with Gasteiger partial charge in [-0.3, -0.25) is 4.79 Å². The van der Waals surface area contributed by atoms with Crippen molar-refractivity contribution < 1.29 is 4.79 Å². The quantitative estimate of drug-likeness (QED) is 0.855. The third-order valence-corrected chi connectivity index (χ3v) is 5.37. The van der Waals surface area contributed by atoms with Crippen LogP contribution in [0.25, 0.3) is 0 Å². The highest BCUT2D eigenvalue weighted by molar-refractivity contribution is 5.96. The number of carbonyl (C=O) groups excluding carboxylic acids is 1. The molecule has 122 valence electrons. The van der Waals surface area contributed by atoms with Crippen molar-refractivity contribution in [3.05, 3.63) is 71.3 Å². The van der Waals surface area contributed by atoms with Gasteiger partial charge >= 0.3 is 0 Å². The molecule has 0 spiro atoms. The van der Waals surface area contributed by atoms with E-state index >= 15 is 0 Å². The number of likely N-dealkylation sites (N-methyl/N-ethyl adjacent to an activating group) is 1. The second kappa shape index (κ2) is 5.79. The summed E-state index contributed by atoms with van der Waals surface area (Å²) in [7, 11) is 1.83. The number of hydrogen-bond acceptors (Lipinski definition) is 2. The zero-order valence-electron chi connectivity index (χ0n) is 14.4. The average molecular weight is 318 g/mol. The fraction of sp³-hybridized carbons (Fsp3) is 0.333. The van der Waals surface area contributed by atoms with Gasteiger partial charge in [0.25, 0.3) is 5.91 Å². The molecule has 0 aliphatic heterocycles. The Balaban J connectivity index is 1.87. The minimum absolute atomic E-state index is 0.0136. The molecule has 0 radical (unpaired) electrons. The minimum Gasteiger partial charge on any atom is -0.341 e. The Bertz CT molecular complexity index is 804. The molecular formula is C21H22N2O. The van der Waals surface area contributed by atoms with E-state index in [1.165, 1.54) is 5.56 Å². The first-order chi connectivity index (χ1) is 11.4. The van der Waals surface area contributed by atoms with Crippen molar-refractivity contribution in [2.24, 2.45) is 5.41 Å². The molecule has 1 unspecified atom stereocenters. The highest BCUT2D eigenvalue weighted by Crippen LogP contribution is 2.64. The largest absolute Gasteiger partial charge is 0.341 e. The van der Waals surface area contributed by atoms with Gasteiger partial charge in [-0.1, -0.05) is 56.3 Å². The standard InChI is InChI=1S/C21H22N2O/c1-20(2)14-21(20,17-10-5-4-6-11-17)15-23(3)19(24)18-12-8-7-9-16(18)13-22/h4-12H,14-15H2,1-3H3. The summed E-state index contributed by atoms with van der Waals surface area (Å²) in [5, 5.41) is 9.23. The molecule has 1 atom stereocenters. The first-order valence-corrected chi connectivity index (χ1v) is 8.21. The van der Waals surface area contributed by atoms with Crippen molar-refractivity contribution in [1.29, 1.82) is 5.26 Å². The minimum atomic E-state index is -0.0924. The normalized spacial score (nSPS) is 20.9. The summed E-state index contributed by atoms with van der Waals surface area (Å²) in [5.74, 6) is -0.0924. The number of amides is 1. The van der Waals surface area contributed by atoms with E-state index in [1.807, 2.05) is 13.1 Å². The smallest absolute Gasteiger partial charge is 0.254 e. The summed E-state index contributed by atoms with van der Waals surface area (Å²) in [6, 6.07) is 19.5. The van der Waals surface area contributed by atoms with E-state index in [1.54, 1.807) is 29.2 Å². The fourth-order valence-electron chi connectivity index (χ4n) is 3.77. The van der Waals surface area contributed by atoms with Crippen LogP contribution in [0.15, 0.2) is 54.6 Å². The van der Waals surface area contributed by atoms with Gasteiger partial charge in [0.2, 0.25) is 0 Å². The van der Waals surface area contributed by atoms with Crippen LogP contribution in [0.5, 0.6) is 0 Å². The van der Waals surface area contributed by atoms with Gasteiger partial charge in [-0.2, -0.15) is 5.26 Å². The third kappa shape index (κ3) is 2.59. The molecule has 1 aliphatic rings. The van der Waals surface area contributed by atoms with Gasteiger partial charge in [-0.25, -0.2) is 0 Å². The van der Waals surface area contributed by atoms with Crippen molar-refractivity contribution in [3.8, 4) is 6.07 Å². The van der Waals surface area contributed by atoms with Gasteiger partial charge < -0.3 is 4.90 Å². The Labute approximate surface area is 143 Å². The molecule has 1 amide bonds. The lowest BCUT2D eigenvalue weighted by atomic mass is 9.87. The molecule has 0 heterocycles. The van der Waals surface area contributed by atoms with Crippen LogP contribution in [0, 0.1) is 16.7 Å². The van der Waals surface area contributed by atoms with E-state index in [0.29, 0.717) is 17.7 Å². The fourth-order valence-corrected chi connectivity index (χ4v) is 3.77. The van der Waals surface area contributed by atoms with E-state index in [9.17, 15) is 10.1 Å². The van der Waals surface area contributed by atoms with Crippen molar-refractivity contribution >= 4 is 5.91 Å². The van der Waals surface area contributed by atoms with Crippen LogP contribution >= 0.6 is 0 Å². The van der Waals surface area contributed by atoms with Crippen molar-refractivity contribution in [3.63, 3.8) is 0 Å². The van der Waals surface area contributed by atoms with Crippen LogP contribution < -0.4 is 0 Å². The predicted octanol–water partition coefficient (Wildman–Crippen LogP) is 4.00. The molecule has 1 aliphatic carbocycles. The summed E-state index contributed by atoms with van der Waals surface area (Å²) in [5.41, 5.74) is 2.34. The Morgan fingerprint density at radius 1 is 1.12 bits per heavy atom. The van der Waals surface area contributed by atoms with Gasteiger partial charge in [0.15, 0.2) is 0 Å². The molecule has 1 saturated carbocycles. The lowest BCUT2D eigenvalue weighted by molar-refractivity contribution is 0.0774. The van der Waals surface area contributed by atoms with Gasteiger partial charge in [0.05, 0.1) is 17.2 Å².